The molecule has 0 atom stereocenters. The number of para-hydroxylation sites is 1. The predicted molar refractivity (Wildman–Crippen MR) is 75.7 cm³/mol. The third-order valence-electron chi connectivity index (χ3n) is 2.76. The van der Waals surface area contributed by atoms with Crippen LogP contribution in [-0.4, -0.2) is 14.7 Å². The van der Waals surface area contributed by atoms with Crippen LogP contribution >= 0.6 is 23.2 Å². The summed E-state index contributed by atoms with van der Waals surface area (Å²) in [7, 11) is 1.67. The lowest BCUT2D eigenvalue weighted by molar-refractivity contribution is -0.385. The molecule has 1 aromatic carbocycles. The van der Waals surface area contributed by atoms with E-state index in [1.54, 1.807) is 14.0 Å². The molecule has 0 bridgehead atoms. The van der Waals surface area contributed by atoms with Gasteiger partial charge in [0, 0.05) is 13.1 Å². The fourth-order valence-electron chi connectivity index (χ4n) is 1.80. The second kappa shape index (κ2) is 5.68. The average molecular weight is 316 g/mol. The number of rotatable bonds is 4. The Labute approximate surface area is 125 Å². The summed E-state index contributed by atoms with van der Waals surface area (Å²) in [5, 5.41) is 15.4. The Morgan fingerprint density at radius 3 is 2.80 bits per heavy atom. The first-order valence-electron chi connectivity index (χ1n) is 5.65. The van der Waals surface area contributed by atoms with Crippen LogP contribution in [0.15, 0.2) is 18.2 Å². The molecule has 8 heteroatoms. The summed E-state index contributed by atoms with van der Waals surface area (Å²) in [6, 6.07) is 4.34. The Hall–Kier alpha value is -1.79. The number of ether oxygens (including phenoxy) is 1. The number of aryl methyl sites for hydroxylation is 2. The lowest BCUT2D eigenvalue weighted by Gasteiger charge is -2.09. The molecule has 0 amide bonds. The van der Waals surface area contributed by atoms with E-state index in [9.17, 15) is 10.1 Å². The highest BCUT2D eigenvalue weighted by atomic mass is 35.5. The molecule has 2 aromatic rings. The Morgan fingerprint density at radius 1 is 1.50 bits per heavy atom. The zero-order valence-electron chi connectivity index (χ0n) is 10.8. The van der Waals surface area contributed by atoms with Gasteiger partial charge in [-0.05, 0) is 13.0 Å². The Kier molecular flexibility index (Phi) is 4.15. The monoisotopic (exact) mass is 315 g/mol. The lowest BCUT2D eigenvalue weighted by Crippen LogP contribution is -1.99. The van der Waals surface area contributed by atoms with E-state index in [2.05, 4.69) is 5.10 Å². The molecule has 0 unspecified atom stereocenters. The van der Waals surface area contributed by atoms with E-state index in [-0.39, 0.29) is 22.3 Å². The van der Waals surface area contributed by atoms with Crippen molar-refractivity contribution in [2.24, 2.45) is 7.05 Å². The molecular formula is C12H11Cl2N3O3. The van der Waals surface area contributed by atoms with Crippen molar-refractivity contribution in [1.82, 2.24) is 9.78 Å². The maximum Gasteiger partial charge on any atom is 0.313 e. The van der Waals surface area contributed by atoms with Gasteiger partial charge in [0.2, 0.25) is 11.6 Å². The second-order valence-electron chi connectivity index (χ2n) is 4.07. The minimum Gasteiger partial charge on any atom is -0.430 e. The van der Waals surface area contributed by atoms with Crippen molar-refractivity contribution < 1.29 is 9.66 Å². The third kappa shape index (κ3) is 2.57. The van der Waals surface area contributed by atoms with Crippen molar-refractivity contribution in [3.63, 3.8) is 0 Å². The van der Waals surface area contributed by atoms with E-state index < -0.39 is 4.92 Å². The maximum absolute atomic E-state index is 11.0. The average Bonchev–Trinajstić information content (AvgIpc) is 2.65. The van der Waals surface area contributed by atoms with Gasteiger partial charge in [-0.25, -0.2) is 4.68 Å². The molecule has 0 aliphatic rings. The summed E-state index contributed by atoms with van der Waals surface area (Å²) in [6.45, 7) is 1.78. The summed E-state index contributed by atoms with van der Waals surface area (Å²) >= 11 is 11.8. The fourth-order valence-corrected chi connectivity index (χ4v) is 2.32. The molecule has 1 aromatic heterocycles. The van der Waals surface area contributed by atoms with Crippen molar-refractivity contribution in [3.8, 4) is 11.6 Å². The van der Waals surface area contributed by atoms with Gasteiger partial charge in [-0.3, -0.25) is 10.1 Å². The van der Waals surface area contributed by atoms with Crippen LogP contribution in [-0.2, 0) is 12.9 Å². The van der Waals surface area contributed by atoms with E-state index in [0.717, 1.165) is 0 Å². The summed E-state index contributed by atoms with van der Waals surface area (Å²) < 4.78 is 7.09. The van der Waals surface area contributed by atoms with Gasteiger partial charge in [-0.1, -0.05) is 17.7 Å². The first-order chi connectivity index (χ1) is 9.45. The van der Waals surface area contributed by atoms with Gasteiger partial charge in [0.1, 0.15) is 0 Å². The van der Waals surface area contributed by atoms with E-state index in [1.807, 2.05) is 0 Å². The lowest BCUT2D eigenvalue weighted by atomic mass is 10.2. The molecule has 0 radical (unpaired) electrons. The number of halogens is 2. The first kappa shape index (κ1) is 14.6. The van der Waals surface area contributed by atoms with Crippen LogP contribution in [0.4, 0.5) is 5.69 Å². The van der Waals surface area contributed by atoms with Crippen LogP contribution in [0.5, 0.6) is 11.6 Å². The van der Waals surface area contributed by atoms with Crippen LogP contribution < -0.4 is 4.74 Å². The standard InChI is InChI=1S/C12H11Cl2N3O3/c1-7-8(6-13)12(16(2)15-7)20-11-9(14)4-3-5-10(11)17(18)19/h3-5H,6H2,1-2H3. The number of nitrogens with zero attached hydrogens (tertiary/aromatic N) is 3. The molecule has 106 valence electrons. The topological polar surface area (TPSA) is 70.2 Å². The first-order valence-corrected chi connectivity index (χ1v) is 6.56. The van der Waals surface area contributed by atoms with Gasteiger partial charge < -0.3 is 4.74 Å². The largest absolute Gasteiger partial charge is 0.430 e. The molecule has 20 heavy (non-hydrogen) atoms. The normalized spacial score (nSPS) is 10.6. The summed E-state index contributed by atoms with van der Waals surface area (Å²) in [5.41, 5.74) is 1.16. The molecule has 0 spiro atoms. The van der Waals surface area contributed by atoms with Gasteiger partial charge in [0.15, 0.2) is 0 Å². The van der Waals surface area contributed by atoms with Gasteiger partial charge in [-0.2, -0.15) is 5.10 Å². The highest BCUT2D eigenvalue weighted by molar-refractivity contribution is 6.32. The van der Waals surface area contributed by atoms with Crippen LogP contribution in [0.25, 0.3) is 0 Å². The van der Waals surface area contributed by atoms with Crippen LogP contribution in [0.2, 0.25) is 5.02 Å². The van der Waals surface area contributed by atoms with Gasteiger partial charge in [-0.15, -0.1) is 11.6 Å². The predicted octanol–water partition coefficient (Wildman–Crippen LogP) is 3.82. The summed E-state index contributed by atoms with van der Waals surface area (Å²) in [5.74, 6) is 0.509. The van der Waals surface area contributed by atoms with Gasteiger partial charge in [0.05, 0.1) is 27.1 Å². The highest BCUT2D eigenvalue weighted by Crippen LogP contribution is 2.39. The van der Waals surface area contributed by atoms with E-state index in [4.69, 9.17) is 27.9 Å². The van der Waals surface area contributed by atoms with E-state index >= 15 is 0 Å². The van der Waals surface area contributed by atoms with Crippen molar-refractivity contribution in [3.05, 3.63) is 44.6 Å². The highest BCUT2D eigenvalue weighted by Gasteiger charge is 2.23. The van der Waals surface area contributed by atoms with Crippen molar-refractivity contribution in [2.75, 3.05) is 0 Å². The molecule has 0 fully saturated rings. The Balaban J connectivity index is 2.53. The van der Waals surface area contributed by atoms with E-state index in [1.165, 1.54) is 22.9 Å². The molecular weight excluding hydrogens is 305 g/mol. The van der Waals surface area contributed by atoms with Crippen LogP contribution in [0.3, 0.4) is 0 Å². The van der Waals surface area contributed by atoms with E-state index in [0.29, 0.717) is 17.1 Å². The number of nitro groups is 1. The van der Waals surface area contributed by atoms with Crippen molar-refractivity contribution in [1.29, 1.82) is 0 Å². The molecule has 2 rings (SSSR count). The number of alkyl halides is 1. The summed E-state index contributed by atoms with van der Waals surface area (Å²) in [4.78, 5) is 10.5. The number of aromatic nitrogens is 2. The van der Waals surface area contributed by atoms with Crippen LogP contribution in [0.1, 0.15) is 11.3 Å². The molecule has 0 N–H and O–H groups in total. The third-order valence-corrected chi connectivity index (χ3v) is 3.33. The maximum atomic E-state index is 11.0. The summed E-state index contributed by atoms with van der Waals surface area (Å²) in [6.07, 6.45) is 0. The smallest absolute Gasteiger partial charge is 0.313 e. The quantitative estimate of drug-likeness (QED) is 0.488. The van der Waals surface area contributed by atoms with Crippen molar-refractivity contribution in [2.45, 2.75) is 12.8 Å². The molecule has 1 heterocycles. The molecule has 6 nitrogen and oxygen atoms in total. The fraction of sp³-hybridized carbons (Fsp3) is 0.250. The van der Waals surface area contributed by atoms with Crippen LogP contribution in [0, 0.1) is 17.0 Å². The molecule has 0 saturated carbocycles. The van der Waals surface area contributed by atoms with Gasteiger partial charge >= 0.3 is 5.69 Å². The zero-order chi connectivity index (χ0) is 14.9. The Bertz CT molecular complexity index is 670. The minimum atomic E-state index is -0.551. The Morgan fingerprint density at radius 2 is 2.20 bits per heavy atom. The number of nitro benzene ring substituents is 1. The number of hydrogen-bond acceptors (Lipinski definition) is 4. The van der Waals surface area contributed by atoms with Gasteiger partial charge in [0.25, 0.3) is 0 Å². The number of hydrogen-bond donors (Lipinski definition) is 0. The number of benzene rings is 1. The second-order valence-corrected chi connectivity index (χ2v) is 4.75. The molecule has 0 aliphatic heterocycles. The minimum absolute atomic E-state index is 0.0199. The zero-order valence-corrected chi connectivity index (χ0v) is 12.3. The molecule has 0 saturated heterocycles. The SMILES string of the molecule is Cc1nn(C)c(Oc2c(Cl)cccc2[N+](=O)[O-])c1CCl. The molecule has 0 aliphatic carbocycles. The van der Waals surface area contributed by atoms with Crippen molar-refractivity contribution >= 4 is 28.9 Å².